The van der Waals surface area contributed by atoms with Gasteiger partial charge in [0.2, 0.25) is 5.91 Å². The molecule has 0 saturated heterocycles. The van der Waals surface area contributed by atoms with Gasteiger partial charge < -0.3 is 19.8 Å². The van der Waals surface area contributed by atoms with E-state index >= 15 is 0 Å². The van der Waals surface area contributed by atoms with Gasteiger partial charge in [0.05, 0.1) is 39.9 Å². The van der Waals surface area contributed by atoms with Gasteiger partial charge in [-0.3, -0.25) is 13.8 Å². The molecule has 0 aromatic carbocycles. The van der Waals surface area contributed by atoms with Crippen LogP contribution in [0.2, 0.25) is 0 Å². The lowest BCUT2D eigenvalue weighted by Gasteiger charge is -2.26. The van der Waals surface area contributed by atoms with E-state index in [0.29, 0.717) is 23.9 Å². The van der Waals surface area contributed by atoms with Gasteiger partial charge in [0.15, 0.2) is 0 Å². The van der Waals surface area contributed by atoms with Crippen molar-refractivity contribution in [1.82, 2.24) is 5.32 Å². The van der Waals surface area contributed by atoms with Crippen molar-refractivity contribution in [2.45, 2.75) is 341 Å². The van der Waals surface area contributed by atoms with Gasteiger partial charge >= 0.3 is 7.82 Å². The highest BCUT2D eigenvalue weighted by atomic mass is 31.2. The third-order valence-corrected chi connectivity index (χ3v) is 15.7. The fourth-order valence-corrected chi connectivity index (χ4v) is 10.5. The summed E-state index contributed by atoms with van der Waals surface area (Å²) in [6.45, 7) is 4.95. The molecule has 3 unspecified atom stereocenters. The highest BCUT2D eigenvalue weighted by Gasteiger charge is 2.28. The Kier molecular flexibility index (Phi) is 53.5. The number of hydrogen-bond acceptors (Lipinski definition) is 5. The van der Waals surface area contributed by atoms with E-state index in [4.69, 9.17) is 9.05 Å². The van der Waals surface area contributed by atoms with E-state index < -0.39 is 20.0 Å². The Hall–Kier alpha value is -0.760. The second-order valence-corrected chi connectivity index (χ2v) is 24.6. The molecule has 0 aliphatic rings. The molecule has 0 heterocycles. The zero-order chi connectivity index (χ0) is 52.0. The van der Waals surface area contributed by atoms with Gasteiger partial charge in [-0.15, -0.1) is 0 Å². The van der Waals surface area contributed by atoms with Crippen molar-refractivity contribution in [3.05, 3.63) is 12.2 Å². The molecule has 0 aromatic heterocycles. The third kappa shape index (κ3) is 56.8. The number of phosphoric acid groups is 1. The van der Waals surface area contributed by atoms with Crippen molar-refractivity contribution in [2.75, 3.05) is 40.9 Å². The molecule has 0 aliphatic heterocycles. The number of carbonyl (C=O) groups is 1. The van der Waals surface area contributed by atoms with Gasteiger partial charge in [0.1, 0.15) is 13.2 Å². The fourth-order valence-electron chi connectivity index (χ4n) is 9.81. The highest BCUT2D eigenvalue weighted by molar-refractivity contribution is 7.47. The number of unbranched alkanes of at least 4 members (excludes halogenated alkanes) is 44. The lowest BCUT2D eigenvalue weighted by atomic mass is 10.0. The second kappa shape index (κ2) is 54.0. The number of quaternary nitrogens is 1. The summed E-state index contributed by atoms with van der Waals surface area (Å²) in [4.78, 5) is 23.4. The number of carbonyl (C=O) groups excluding carboxylic acids is 1. The number of rotatable bonds is 59. The molecular weight excluding hydrogens is 900 g/mol. The molecule has 71 heavy (non-hydrogen) atoms. The maximum absolute atomic E-state index is 13.0. The molecule has 3 N–H and O–H groups in total. The summed E-state index contributed by atoms with van der Waals surface area (Å²) in [5.41, 5.74) is 0. The van der Waals surface area contributed by atoms with Crippen molar-refractivity contribution in [2.24, 2.45) is 0 Å². The summed E-state index contributed by atoms with van der Waals surface area (Å²) >= 11 is 0. The standard InChI is InChI=1S/C62H125N2O6P/c1-6-8-10-12-14-16-18-20-22-24-26-28-30-32-34-36-38-40-42-44-46-48-50-52-54-56-62(66)63-60(59-70-71(67,68)69-58-57-64(3,4)5)61(65)55-53-51-49-47-45-43-41-39-37-35-33-31-29-27-25-23-21-19-17-15-13-11-9-7-2/h24,26,60-61,65H,6-23,25,27-59H2,1-5H3,(H-,63,66,67,68)/p+1/b26-24-. The topological polar surface area (TPSA) is 105 Å². The van der Waals surface area contributed by atoms with E-state index in [2.05, 4.69) is 31.3 Å². The SMILES string of the molecule is CCCCCCCCCC/C=C\CCCCCCCCCCCCCCCC(=O)NC(COP(=O)(O)OCC[N+](C)(C)C)C(O)CCCCCCCCCCCCCCCCCCCCCCCCCC. The Balaban J connectivity index is 4.08. The van der Waals surface area contributed by atoms with Gasteiger partial charge in [0, 0.05) is 6.42 Å². The number of phosphoric ester groups is 1. The normalized spacial score (nSPS) is 13.8. The number of nitrogens with one attached hydrogen (secondary N) is 1. The van der Waals surface area contributed by atoms with Crippen molar-refractivity contribution in [1.29, 1.82) is 0 Å². The zero-order valence-corrected chi connectivity index (χ0v) is 49.4. The van der Waals surface area contributed by atoms with Gasteiger partial charge in [-0.1, -0.05) is 296 Å². The summed E-state index contributed by atoms with van der Waals surface area (Å²) in [6, 6.07) is -0.758. The van der Waals surface area contributed by atoms with Gasteiger partial charge in [0.25, 0.3) is 0 Å². The minimum absolute atomic E-state index is 0.0777. The summed E-state index contributed by atoms with van der Waals surface area (Å²) in [5.74, 6) is -0.137. The van der Waals surface area contributed by atoms with Crippen LogP contribution in [0.3, 0.4) is 0 Å². The Morgan fingerprint density at radius 1 is 0.465 bits per heavy atom. The first-order valence-corrected chi connectivity index (χ1v) is 33.0. The number of aliphatic hydroxyl groups excluding tert-OH is 1. The first-order valence-electron chi connectivity index (χ1n) is 31.6. The van der Waals surface area contributed by atoms with E-state index in [1.54, 1.807) is 0 Å². The maximum atomic E-state index is 13.0. The summed E-state index contributed by atoms with van der Waals surface area (Å²) in [7, 11) is 1.63. The molecule has 0 spiro atoms. The van der Waals surface area contributed by atoms with Crippen molar-refractivity contribution in [3.63, 3.8) is 0 Å². The van der Waals surface area contributed by atoms with E-state index in [1.807, 2.05) is 21.1 Å². The molecule has 3 atom stereocenters. The second-order valence-electron chi connectivity index (χ2n) is 23.1. The summed E-state index contributed by atoms with van der Waals surface area (Å²) in [5, 5.41) is 14.1. The highest BCUT2D eigenvalue weighted by Crippen LogP contribution is 2.43. The number of aliphatic hydroxyl groups is 1. The fraction of sp³-hybridized carbons (Fsp3) is 0.952. The average Bonchev–Trinajstić information content (AvgIpc) is 3.33. The minimum Gasteiger partial charge on any atom is -0.391 e. The molecule has 0 aromatic rings. The maximum Gasteiger partial charge on any atom is 0.472 e. The van der Waals surface area contributed by atoms with E-state index in [0.717, 1.165) is 38.5 Å². The van der Waals surface area contributed by atoms with E-state index in [9.17, 15) is 19.4 Å². The number of likely N-dealkylation sites (N-methyl/N-ethyl adjacent to an activating group) is 1. The molecular formula is C62H126N2O6P+. The minimum atomic E-state index is -4.32. The van der Waals surface area contributed by atoms with E-state index in [-0.39, 0.29) is 19.1 Å². The molecule has 0 aliphatic carbocycles. The van der Waals surface area contributed by atoms with Crippen LogP contribution in [-0.4, -0.2) is 73.4 Å². The molecule has 8 nitrogen and oxygen atoms in total. The van der Waals surface area contributed by atoms with Crippen molar-refractivity contribution in [3.8, 4) is 0 Å². The van der Waals surface area contributed by atoms with Crippen molar-refractivity contribution >= 4 is 13.7 Å². The molecule has 0 saturated carbocycles. The smallest absolute Gasteiger partial charge is 0.391 e. The van der Waals surface area contributed by atoms with Crippen LogP contribution in [-0.2, 0) is 18.4 Å². The van der Waals surface area contributed by atoms with Gasteiger partial charge in [-0.2, -0.15) is 0 Å². The molecule has 424 valence electrons. The molecule has 0 rings (SSSR count). The Morgan fingerprint density at radius 3 is 1.08 bits per heavy atom. The predicted molar refractivity (Wildman–Crippen MR) is 309 cm³/mol. The molecule has 0 radical (unpaired) electrons. The predicted octanol–water partition coefficient (Wildman–Crippen LogP) is 19.4. The molecule has 0 fully saturated rings. The summed E-state index contributed by atoms with van der Waals surface area (Å²) < 4.78 is 23.8. The lowest BCUT2D eigenvalue weighted by Crippen LogP contribution is -2.46. The van der Waals surface area contributed by atoms with E-state index in [1.165, 1.54) is 263 Å². The van der Waals surface area contributed by atoms with Crippen LogP contribution in [0.25, 0.3) is 0 Å². The number of amides is 1. The number of nitrogens with zero attached hydrogens (tertiary/aromatic N) is 1. The quantitative estimate of drug-likeness (QED) is 0.0243. The monoisotopic (exact) mass is 1030 g/mol. The Bertz CT molecular complexity index is 1160. The van der Waals surface area contributed by atoms with Crippen LogP contribution in [0.1, 0.15) is 328 Å². The zero-order valence-electron chi connectivity index (χ0n) is 48.5. The third-order valence-electron chi connectivity index (χ3n) is 14.8. The number of hydrogen-bond donors (Lipinski definition) is 3. The molecule has 9 heteroatoms. The first kappa shape index (κ1) is 70.2. The van der Waals surface area contributed by atoms with Gasteiger partial charge in [-0.25, -0.2) is 4.57 Å². The summed E-state index contributed by atoms with van der Waals surface area (Å²) in [6.07, 6.45) is 67.1. The first-order chi connectivity index (χ1) is 34.5. The Morgan fingerprint density at radius 2 is 0.761 bits per heavy atom. The number of allylic oxidation sites excluding steroid dienone is 2. The van der Waals surface area contributed by atoms with Crippen LogP contribution < -0.4 is 5.32 Å². The lowest BCUT2D eigenvalue weighted by molar-refractivity contribution is -0.870. The van der Waals surface area contributed by atoms with Crippen LogP contribution in [0.4, 0.5) is 0 Å². The van der Waals surface area contributed by atoms with Crippen LogP contribution >= 0.6 is 7.82 Å². The van der Waals surface area contributed by atoms with Crippen LogP contribution in [0.15, 0.2) is 12.2 Å². The average molecular weight is 1030 g/mol. The van der Waals surface area contributed by atoms with Crippen molar-refractivity contribution < 1.29 is 32.9 Å². The van der Waals surface area contributed by atoms with Crippen LogP contribution in [0.5, 0.6) is 0 Å². The van der Waals surface area contributed by atoms with Crippen LogP contribution in [0, 0.1) is 0 Å². The van der Waals surface area contributed by atoms with Gasteiger partial charge in [-0.05, 0) is 38.5 Å². The largest absolute Gasteiger partial charge is 0.472 e. The molecule has 0 bridgehead atoms. The Labute approximate surface area is 443 Å². The molecule has 1 amide bonds.